The van der Waals surface area contributed by atoms with Crippen LogP contribution in [-0.2, 0) is 4.79 Å². The van der Waals surface area contributed by atoms with Gasteiger partial charge in [-0.2, -0.15) is 0 Å². The van der Waals surface area contributed by atoms with E-state index in [1.54, 1.807) is 42.9 Å². The minimum Gasteiger partial charge on any atom is -0.345 e. The molecule has 108 valence electrons. The number of rotatable bonds is 3. The number of hydrogen-bond acceptors (Lipinski definition) is 4. The maximum atomic E-state index is 12.0. The van der Waals surface area contributed by atoms with Crippen molar-refractivity contribution in [1.29, 1.82) is 0 Å². The van der Waals surface area contributed by atoms with Gasteiger partial charge in [-0.15, -0.1) is 11.8 Å². The highest BCUT2D eigenvalue weighted by molar-refractivity contribution is 7.99. The monoisotopic (exact) mass is 293 g/mol. The van der Waals surface area contributed by atoms with Gasteiger partial charge in [-0.3, -0.25) is 14.9 Å². The van der Waals surface area contributed by atoms with Crippen LogP contribution in [0.4, 0.5) is 5.69 Å². The summed E-state index contributed by atoms with van der Waals surface area (Å²) in [4.78, 5) is 25.5. The van der Waals surface area contributed by atoms with E-state index in [0.717, 1.165) is 22.9 Å². The van der Waals surface area contributed by atoms with Crippen LogP contribution < -0.4 is 10.6 Å². The molecule has 20 heavy (non-hydrogen) atoms. The molecule has 1 aromatic rings. The van der Waals surface area contributed by atoms with Crippen LogP contribution in [0.15, 0.2) is 18.2 Å². The molecule has 1 aliphatic heterocycles. The van der Waals surface area contributed by atoms with E-state index in [-0.39, 0.29) is 17.9 Å². The van der Waals surface area contributed by atoms with E-state index < -0.39 is 0 Å². The molecule has 1 saturated heterocycles. The SMILES string of the molecule is Cc1cc(NC(=O)C2CSCN2)ccc1C(=O)N(C)C. The molecule has 2 N–H and O–H groups in total. The predicted octanol–water partition coefficient (Wildman–Crippen LogP) is 1.30. The van der Waals surface area contributed by atoms with E-state index in [2.05, 4.69) is 10.6 Å². The molecule has 0 aliphatic carbocycles. The molecule has 0 spiro atoms. The van der Waals surface area contributed by atoms with Crippen molar-refractivity contribution in [2.24, 2.45) is 0 Å². The molecule has 0 saturated carbocycles. The Balaban J connectivity index is 2.09. The molecule has 2 amide bonds. The summed E-state index contributed by atoms with van der Waals surface area (Å²) in [7, 11) is 3.45. The first kappa shape index (κ1) is 14.9. The van der Waals surface area contributed by atoms with Crippen LogP contribution in [0.5, 0.6) is 0 Å². The predicted molar refractivity (Wildman–Crippen MR) is 82.1 cm³/mol. The van der Waals surface area contributed by atoms with Crippen molar-refractivity contribution in [3.05, 3.63) is 29.3 Å². The van der Waals surface area contributed by atoms with Gasteiger partial charge in [0.05, 0.1) is 6.04 Å². The highest BCUT2D eigenvalue weighted by atomic mass is 32.2. The third-order valence-electron chi connectivity index (χ3n) is 3.16. The molecule has 1 unspecified atom stereocenters. The summed E-state index contributed by atoms with van der Waals surface area (Å²) >= 11 is 1.71. The lowest BCUT2D eigenvalue weighted by Gasteiger charge is -2.15. The van der Waals surface area contributed by atoms with Crippen molar-refractivity contribution in [1.82, 2.24) is 10.2 Å². The molecule has 1 aliphatic rings. The first-order valence-corrected chi connectivity index (χ1v) is 7.59. The Hall–Kier alpha value is -1.53. The average Bonchev–Trinajstić information content (AvgIpc) is 2.92. The van der Waals surface area contributed by atoms with Gasteiger partial charge in [-0.25, -0.2) is 0 Å². The van der Waals surface area contributed by atoms with Crippen LogP contribution in [0, 0.1) is 6.92 Å². The Morgan fingerprint density at radius 1 is 1.40 bits per heavy atom. The van der Waals surface area contributed by atoms with E-state index in [0.29, 0.717) is 5.56 Å². The van der Waals surface area contributed by atoms with E-state index in [9.17, 15) is 9.59 Å². The van der Waals surface area contributed by atoms with Gasteiger partial charge < -0.3 is 10.2 Å². The number of nitrogens with one attached hydrogen (secondary N) is 2. The van der Waals surface area contributed by atoms with Crippen LogP contribution in [0.25, 0.3) is 0 Å². The highest BCUT2D eigenvalue weighted by Gasteiger charge is 2.22. The third kappa shape index (κ3) is 3.32. The number of carbonyl (C=O) groups excluding carboxylic acids is 2. The smallest absolute Gasteiger partial charge is 0.253 e. The first-order chi connectivity index (χ1) is 9.49. The maximum Gasteiger partial charge on any atom is 0.253 e. The van der Waals surface area contributed by atoms with Gasteiger partial charge in [0.1, 0.15) is 0 Å². The summed E-state index contributed by atoms with van der Waals surface area (Å²) in [5.41, 5.74) is 2.24. The van der Waals surface area contributed by atoms with E-state index in [4.69, 9.17) is 0 Å². The lowest BCUT2D eigenvalue weighted by molar-refractivity contribution is -0.117. The van der Waals surface area contributed by atoms with Crippen molar-refractivity contribution in [3.63, 3.8) is 0 Å². The molecule has 1 atom stereocenters. The third-order valence-corrected chi connectivity index (χ3v) is 4.10. The number of aryl methyl sites for hydroxylation is 1. The van der Waals surface area contributed by atoms with Crippen molar-refractivity contribution >= 4 is 29.3 Å². The topological polar surface area (TPSA) is 61.4 Å². The summed E-state index contributed by atoms with van der Waals surface area (Å²) in [6, 6.07) is 5.22. The second-order valence-electron chi connectivity index (χ2n) is 4.99. The van der Waals surface area contributed by atoms with E-state index >= 15 is 0 Å². The van der Waals surface area contributed by atoms with E-state index in [1.807, 2.05) is 13.0 Å². The van der Waals surface area contributed by atoms with Gasteiger partial charge in [-0.05, 0) is 30.7 Å². The van der Waals surface area contributed by atoms with Gasteiger partial charge in [0.15, 0.2) is 0 Å². The van der Waals surface area contributed by atoms with E-state index in [1.165, 1.54) is 0 Å². The highest BCUT2D eigenvalue weighted by Crippen LogP contribution is 2.18. The Morgan fingerprint density at radius 2 is 2.15 bits per heavy atom. The van der Waals surface area contributed by atoms with Gasteiger partial charge in [0.2, 0.25) is 5.91 Å². The Labute approximate surface area is 123 Å². The number of anilines is 1. The van der Waals surface area contributed by atoms with Crippen LogP contribution in [-0.4, -0.2) is 48.5 Å². The van der Waals surface area contributed by atoms with Gasteiger partial charge in [0.25, 0.3) is 5.91 Å². The zero-order valence-electron chi connectivity index (χ0n) is 11.9. The molecule has 6 heteroatoms. The number of amides is 2. The normalized spacial score (nSPS) is 17.9. The largest absolute Gasteiger partial charge is 0.345 e. The summed E-state index contributed by atoms with van der Waals surface area (Å²) in [6.07, 6.45) is 0. The van der Waals surface area contributed by atoms with Gasteiger partial charge in [0, 0.05) is 37.0 Å². The van der Waals surface area contributed by atoms with Crippen LogP contribution in [0.1, 0.15) is 15.9 Å². The fourth-order valence-corrected chi connectivity index (χ4v) is 2.96. The molecular formula is C14H19N3O2S. The second-order valence-corrected chi connectivity index (χ2v) is 6.02. The zero-order valence-corrected chi connectivity index (χ0v) is 12.7. The molecule has 0 aromatic heterocycles. The lowest BCUT2D eigenvalue weighted by Crippen LogP contribution is -2.37. The first-order valence-electron chi connectivity index (χ1n) is 6.43. The molecule has 5 nitrogen and oxygen atoms in total. The van der Waals surface area contributed by atoms with Crippen molar-refractivity contribution < 1.29 is 9.59 Å². The maximum absolute atomic E-state index is 12.0. The van der Waals surface area contributed by atoms with Crippen LogP contribution >= 0.6 is 11.8 Å². The number of nitrogens with zero attached hydrogens (tertiary/aromatic N) is 1. The van der Waals surface area contributed by atoms with Gasteiger partial charge >= 0.3 is 0 Å². The number of thioether (sulfide) groups is 1. The quantitative estimate of drug-likeness (QED) is 0.882. The molecule has 2 rings (SSSR count). The minimum atomic E-state index is -0.136. The van der Waals surface area contributed by atoms with Crippen LogP contribution in [0.2, 0.25) is 0 Å². The summed E-state index contributed by atoms with van der Waals surface area (Å²) in [5, 5.41) is 6.01. The second kappa shape index (κ2) is 6.28. The number of hydrogen-bond donors (Lipinski definition) is 2. The number of carbonyl (C=O) groups is 2. The van der Waals surface area contributed by atoms with Gasteiger partial charge in [-0.1, -0.05) is 0 Å². The summed E-state index contributed by atoms with van der Waals surface area (Å²) < 4.78 is 0. The molecule has 1 aromatic carbocycles. The number of benzene rings is 1. The molecule has 1 fully saturated rings. The average molecular weight is 293 g/mol. The molecule has 0 bridgehead atoms. The van der Waals surface area contributed by atoms with Crippen LogP contribution in [0.3, 0.4) is 0 Å². The van der Waals surface area contributed by atoms with Crippen molar-refractivity contribution in [3.8, 4) is 0 Å². The van der Waals surface area contributed by atoms with Crippen molar-refractivity contribution in [2.45, 2.75) is 13.0 Å². The lowest BCUT2D eigenvalue weighted by atomic mass is 10.1. The summed E-state index contributed by atoms with van der Waals surface area (Å²) in [5.74, 6) is 1.55. The molecule has 1 heterocycles. The summed E-state index contributed by atoms with van der Waals surface area (Å²) in [6.45, 7) is 1.87. The van der Waals surface area contributed by atoms with Crippen molar-refractivity contribution in [2.75, 3.05) is 31.0 Å². The minimum absolute atomic E-state index is 0.0268. The standard InChI is InChI=1S/C14H19N3O2S/c1-9-6-10(4-5-11(9)14(19)17(2)3)16-13(18)12-7-20-8-15-12/h4-6,12,15H,7-8H2,1-3H3,(H,16,18). The molecule has 0 radical (unpaired) electrons. The fraction of sp³-hybridized carbons (Fsp3) is 0.429. The Morgan fingerprint density at radius 3 is 2.70 bits per heavy atom. The Kier molecular flexibility index (Phi) is 4.67. The zero-order chi connectivity index (χ0) is 14.7. The molecular weight excluding hydrogens is 274 g/mol. The fourth-order valence-electron chi connectivity index (χ4n) is 2.02. The Bertz CT molecular complexity index is 525.